The molecule has 0 saturated heterocycles. The maximum atomic E-state index is 13.2. The summed E-state index contributed by atoms with van der Waals surface area (Å²) >= 11 is 5.80. The Balaban J connectivity index is 2.06. The molecular formula is C17H16ClFO. The highest BCUT2D eigenvalue weighted by atomic mass is 35.5. The summed E-state index contributed by atoms with van der Waals surface area (Å²) in [5, 5.41) is 0.360. The van der Waals surface area contributed by atoms with Crippen LogP contribution in [0.15, 0.2) is 36.4 Å². The number of hydrogen-bond acceptors (Lipinski definition) is 1. The van der Waals surface area contributed by atoms with E-state index in [1.165, 1.54) is 17.7 Å². The monoisotopic (exact) mass is 290 g/mol. The van der Waals surface area contributed by atoms with Crippen molar-refractivity contribution in [2.45, 2.75) is 26.7 Å². The van der Waals surface area contributed by atoms with Crippen LogP contribution in [0.5, 0.6) is 0 Å². The summed E-state index contributed by atoms with van der Waals surface area (Å²) in [6.45, 7) is 4.00. The van der Waals surface area contributed by atoms with Gasteiger partial charge in [-0.05, 0) is 61.2 Å². The number of aryl methyl sites for hydroxylation is 3. The third-order valence-electron chi connectivity index (χ3n) is 3.39. The topological polar surface area (TPSA) is 17.1 Å². The first-order valence-electron chi connectivity index (χ1n) is 6.51. The second-order valence-corrected chi connectivity index (χ2v) is 5.44. The Labute approximate surface area is 123 Å². The molecule has 2 rings (SSSR count). The first-order chi connectivity index (χ1) is 9.45. The van der Waals surface area contributed by atoms with E-state index in [0.29, 0.717) is 23.4 Å². The van der Waals surface area contributed by atoms with E-state index in [9.17, 15) is 9.18 Å². The zero-order valence-corrected chi connectivity index (χ0v) is 12.3. The lowest BCUT2D eigenvalue weighted by atomic mass is 9.99. The lowest BCUT2D eigenvalue weighted by Crippen LogP contribution is -2.02. The summed E-state index contributed by atoms with van der Waals surface area (Å²) in [6, 6.07) is 10.1. The quantitative estimate of drug-likeness (QED) is 0.731. The van der Waals surface area contributed by atoms with Crippen molar-refractivity contribution >= 4 is 17.4 Å². The van der Waals surface area contributed by atoms with Gasteiger partial charge in [0.25, 0.3) is 0 Å². The van der Waals surface area contributed by atoms with E-state index in [0.717, 1.165) is 11.1 Å². The maximum absolute atomic E-state index is 13.2. The molecule has 2 aromatic carbocycles. The third-order valence-corrected chi connectivity index (χ3v) is 3.61. The van der Waals surface area contributed by atoms with Crippen molar-refractivity contribution in [1.82, 2.24) is 0 Å². The number of ketones is 1. The molecule has 0 aliphatic rings. The molecule has 0 bridgehead atoms. The van der Waals surface area contributed by atoms with Gasteiger partial charge in [-0.15, -0.1) is 0 Å². The Kier molecular flexibility index (Phi) is 4.56. The molecule has 0 fully saturated rings. The van der Waals surface area contributed by atoms with Gasteiger partial charge in [-0.25, -0.2) is 4.39 Å². The second-order valence-electron chi connectivity index (χ2n) is 5.00. The van der Waals surface area contributed by atoms with E-state index in [2.05, 4.69) is 0 Å². The average Bonchev–Trinajstić information content (AvgIpc) is 2.38. The van der Waals surface area contributed by atoms with Crippen molar-refractivity contribution in [3.8, 4) is 0 Å². The molecular weight excluding hydrogens is 275 g/mol. The summed E-state index contributed by atoms with van der Waals surface area (Å²) in [5.74, 6) is -0.306. The summed E-state index contributed by atoms with van der Waals surface area (Å²) < 4.78 is 13.2. The van der Waals surface area contributed by atoms with Gasteiger partial charge in [-0.1, -0.05) is 23.7 Å². The molecule has 0 aromatic heterocycles. The Morgan fingerprint density at radius 2 is 1.85 bits per heavy atom. The van der Waals surface area contributed by atoms with Crippen molar-refractivity contribution in [1.29, 1.82) is 0 Å². The Hall–Kier alpha value is -1.67. The van der Waals surface area contributed by atoms with Crippen molar-refractivity contribution < 1.29 is 9.18 Å². The Morgan fingerprint density at radius 3 is 2.50 bits per heavy atom. The van der Waals surface area contributed by atoms with E-state index >= 15 is 0 Å². The summed E-state index contributed by atoms with van der Waals surface area (Å²) in [4.78, 5) is 12.1. The van der Waals surface area contributed by atoms with E-state index in [1.807, 2.05) is 32.0 Å². The normalized spacial score (nSPS) is 10.6. The molecule has 0 amide bonds. The van der Waals surface area contributed by atoms with Crippen molar-refractivity contribution in [2.24, 2.45) is 0 Å². The molecule has 0 spiro atoms. The molecule has 0 aliphatic carbocycles. The number of benzene rings is 2. The van der Waals surface area contributed by atoms with Crippen LogP contribution in [0.4, 0.5) is 4.39 Å². The number of carbonyl (C=O) groups is 1. The minimum absolute atomic E-state index is 0.0634. The molecule has 0 atom stereocenters. The summed E-state index contributed by atoms with van der Waals surface area (Å²) in [5.41, 5.74) is 3.71. The molecule has 1 nitrogen and oxygen atoms in total. The third kappa shape index (κ3) is 3.67. The molecule has 0 aliphatic heterocycles. The Morgan fingerprint density at radius 1 is 1.10 bits per heavy atom. The van der Waals surface area contributed by atoms with Gasteiger partial charge in [-0.2, -0.15) is 0 Å². The molecule has 0 N–H and O–H groups in total. The maximum Gasteiger partial charge on any atom is 0.163 e. The van der Waals surface area contributed by atoms with Crippen LogP contribution in [0.1, 0.15) is 33.5 Å². The van der Waals surface area contributed by atoms with E-state index in [4.69, 9.17) is 11.6 Å². The van der Waals surface area contributed by atoms with Crippen LogP contribution in [0.25, 0.3) is 0 Å². The number of halogens is 2. The molecule has 0 radical (unpaired) electrons. The first kappa shape index (κ1) is 14.7. The molecule has 104 valence electrons. The minimum atomic E-state index is -0.369. The van der Waals surface area contributed by atoms with Crippen LogP contribution in [0.2, 0.25) is 5.02 Å². The van der Waals surface area contributed by atoms with Crippen molar-refractivity contribution in [3.63, 3.8) is 0 Å². The van der Waals surface area contributed by atoms with E-state index in [-0.39, 0.29) is 11.6 Å². The predicted octanol–water partition coefficient (Wildman–Crippen LogP) is 4.91. The fraction of sp³-hybridized carbons (Fsp3) is 0.235. The predicted molar refractivity (Wildman–Crippen MR) is 80.0 cm³/mol. The van der Waals surface area contributed by atoms with Gasteiger partial charge in [0.1, 0.15) is 5.82 Å². The molecule has 0 unspecified atom stereocenters. The largest absolute Gasteiger partial charge is 0.294 e. The van der Waals surface area contributed by atoms with Gasteiger partial charge in [0.2, 0.25) is 0 Å². The van der Waals surface area contributed by atoms with Crippen LogP contribution in [0, 0.1) is 19.7 Å². The average molecular weight is 291 g/mol. The molecule has 0 heterocycles. The number of Topliss-reactive ketones (excluding diaryl/α,β-unsaturated/α-hetero) is 1. The fourth-order valence-corrected chi connectivity index (χ4v) is 2.32. The molecule has 2 aromatic rings. The van der Waals surface area contributed by atoms with Crippen molar-refractivity contribution in [2.75, 3.05) is 0 Å². The van der Waals surface area contributed by atoms with Crippen LogP contribution in [-0.4, -0.2) is 5.78 Å². The summed E-state index contributed by atoms with van der Waals surface area (Å²) in [7, 11) is 0. The summed E-state index contributed by atoms with van der Waals surface area (Å²) in [6.07, 6.45) is 0.839. The standard InChI is InChI=1S/C17H16ClFO/c1-11-3-5-14(7-12(11)2)17(20)6-4-13-8-15(18)10-16(19)9-13/h3,5,7-10H,4,6H2,1-2H3. The molecule has 3 heteroatoms. The van der Waals surface area contributed by atoms with Gasteiger partial charge in [0.05, 0.1) is 0 Å². The van der Waals surface area contributed by atoms with E-state index < -0.39 is 0 Å². The van der Waals surface area contributed by atoms with Gasteiger partial charge in [0.15, 0.2) is 5.78 Å². The van der Waals surface area contributed by atoms with Crippen LogP contribution >= 0.6 is 11.6 Å². The molecule has 0 saturated carbocycles. The number of carbonyl (C=O) groups excluding carboxylic acids is 1. The lowest BCUT2D eigenvalue weighted by Gasteiger charge is -2.05. The van der Waals surface area contributed by atoms with Crippen LogP contribution in [0.3, 0.4) is 0 Å². The van der Waals surface area contributed by atoms with E-state index in [1.54, 1.807) is 6.07 Å². The smallest absolute Gasteiger partial charge is 0.163 e. The van der Waals surface area contributed by atoms with Gasteiger partial charge < -0.3 is 0 Å². The number of hydrogen-bond donors (Lipinski definition) is 0. The minimum Gasteiger partial charge on any atom is -0.294 e. The zero-order valence-electron chi connectivity index (χ0n) is 11.5. The van der Waals surface area contributed by atoms with Gasteiger partial charge in [-0.3, -0.25) is 4.79 Å². The van der Waals surface area contributed by atoms with Crippen molar-refractivity contribution in [3.05, 3.63) is 69.5 Å². The highest BCUT2D eigenvalue weighted by Gasteiger charge is 2.08. The van der Waals surface area contributed by atoms with Gasteiger partial charge >= 0.3 is 0 Å². The number of rotatable bonds is 4. The Bertz CT molecular complexity index is 629. The zero-order chi connectivity index (χ0) is 14.7. The SMILES string of the molecule is Cc1ccc(C(=O)CCc2cc(F)cc(Cl)c2)cc1C. The lowest BCUT2D eigenvalue weighted by molar-refractivity contribution is 0.0982. The first-order valence-corrected chi connectivity index (χ1v) is 6.89. The fourth-order valence-electron chi connectivity index (χ4n) is 2.07. The highest BCUT2D eigenvalue weighted by Crippen LogP contribution is 2.17. The van der Waals surface area contributed by atoms with Gasteiger partial charge in [0, 0.05) is 17.0 Å². The second kappa shape index (κ2) is 6.19. The highest BCUT2D eigenvalue weighted by molar-refractivity contribution is 6.30. The van der Waals surface area contributed by atoms with Crippen LogP contribution in [-0.2, 0) is 6.42 Å². The molecule has 20 heavy (non-hydrogen) atoms. The van der Waals surface area contributed by atoms with Crippen LogP contribution < -0.4 is 0 Å².